The van der Waals surface area contributed by atoms with E-state index in [2.05, 4.69) is 46.4 Å². The van der Waals surface area contributed by atoms with Crippen LogP contribution < -0.4 is 5.32 Å². The number of rotatable bonds is 5. The van der Waals surface area contributed by atoms with Gasteiger partial charge < -0.3 is 10.1 Å². The first-order chi connectivity index (χ1) is 10.3. The van der Waals surface area contributed by atoms with Crippen molar-refractivity contribution in [1.82, 2.24) is 15.2 Å². The lowest BCUT2D eigenvalue weighted by atomic mass is 10.1. The van der Waals surface area contributed by atoms with Gasteiger partial charge in [0.25, 0.3) is 0 Å². The maximum absolute atomic E-state index is 5.80. The van der Waals surface area contributed by atoms with Crippen molar-refractivity contribution in [3.63, 3.8) is 0 Å². The number of pyridine rings is 1. The molecular formula is C17H23N3O. The standard InChI is InChI=1S/C17H23N3O/c1-2-20-8-9-21-16(13-20)12-18-11-14-5-6-17-15(10-14)4-3-7-19-17/h3-7,10,16,18H,2,8-9,11-13H2,1H3. The smallest absolute Gasteiger partial charge is 0.0826 e. The molecule has 0 amide bonds. The van der Waals surface area contributed by atoms with Crippen LogP contribution in [0.4, 0.5) is 0 Å². The Hall–Kier alpha value is -1.49. The second-order valence-corrected chi connectivity index (χ2v) is 5.55. The van der Waals surface area contributed by atoms with Crippen molar-refractivity contribution in [3.05, 3.63) is 42.1 Å². The van der Waals surface area contributed by atoms with E-state index in [4.69, 9.17) is 4.74 Å². The number of aromatic nitrogens is 1. The minimum atomic E-state index is 0.306. The zero-order valence-electron chi connectivity index (χ0n) is 12.6. The Morgan fingerprint density at radius 3 is 3.24 bits per heavy atom. The Kier molecular flexibility index (Phi) is 4.80. The van der Waals surface area contributed by atoms with Crippen molar-refractivity contribution in [1.29, 1.82) is 0 Å². The summed E-state index contributed by atoms with van der Waals surface area (Å²) in [5.74, 6) is 0. The van der Waals surface area contributed by atoms with Crippen molar-refractivity contribution < 1.29 is 4.74 Å². The molecule has 2 aromatic rings. The van der Waals surface area contributed by atoms with Gasteiger partial charge in [0.1, 0.15) is 0 Å². The van der Waals surface area contributed by atoms with Crippen LogP contribution in [0.25, 0.3) is 10.9 Å². The summed E-state index contributed by atoms with van der Waals surface area (Å²) in [6.45, 7) is 8.03. The molecule has 0 bridgehead atoms. The lowest BCUT2D eigenvalue weighted by Gasteiger charge is -2.32. The first kappa shape index (κ1) is 14.4. The van der Waals surface area contributed by atoms with E-state index in [-0.39, 0.29) is 0 Å². The molecular weight excluding hydrogens is 262 g/mol. The lowest BCUT2D eigenvalue weighted by molar-refractivity contribution is -0.0253. The Morgan fingerprint density at radius 1 is 1.38 bits per heavy atom. The van der Waals surface area contributed by atoms with Gasteiger partial charge in [0, 0.05) is 37.8 Å². The number of benzene rings is 1. The summed E-state index contributed by atoms with van der Waals surface area (Å²) in [5.41, 5.74) is 2.34. The molecule has 21 heavy (non-hydrogen) atoms. The maximum atomic E-state index is 5.80. The van der Waals surface area contributed by atoms with Gasteiger partial charge in [0.05, 0.1) is 18.2 Å². The van der Waals surface area contributed by atoms with E-state index < -0.39 is 0 Å². The average Bonchev–Trinajstić information content (AvgIpc) is 2.55. The summed E-state index contributed by atoms with van der Waals surface area (Å²) >= 11 is 0. The van der Waals surface area contributed by atoms with Crippen molar-refractivity contribution in [2.24, 2.45) is 0 Å². The van der Waals surface area contributed by atoms with Crippen LogP contribution in [0, 0.1) is 0 Å². The minimum absolute atomic E-state index is 0.306. The molecule has 1 fully saturated rings. The predicted molar refractivity (Wildman–Crippen MR) is 85.3 cm³/mol. The summed E-state index contributed by atoms with van der Waals surface area (Å²) in [5, 5.41) is 4.71. The number of ether oxygens (including phenoxy) is 1. The SMILES string of the molecule is CCN1CCOC(CNCc2ccc3ncccc3c2)C1. The van der Waals surface area contributed by atoms with E-state index >= 15 is 0 Å². The molecule has 3 rings (SSSR count). The van der Waals surface area contributed by atoms with Crippen LogP contribution >= 0.6 is 0 Å². The van der Waals surface area contributed by atoms with Gasteiger partial charge in [-0.2, -0.15) is 0 Å². The largest absolute Gasteiger partial charge is 0.374 e. The fourth-order valence-electron chi connectivity index (χ4n) is 2.80. The highest BCUT2D eigenvalue weighted by molar-refractivity contribution is 5.78. The Balaban J connectivity index is 1.52. The van der Waals surface area contributed by atoms with Crippen molar-refractivity contribution >= 4 is 10.9 Å². The maximum Gasteiger partial charge on any atom is 0.0826 e. The number of likely N-dealkylation sites (N-methyl/N-ethyl adjacent to an activating group) is 1. The average molecular weight is 285 g/mol. The van der Waals surface area contributed by atoms with Crippen LogP contribution in [0.15, 0.2) is 36.5 Å². The third-order valence-electron chi connectivity index (χ3n) is 4.04. The summed E-state index contributed by atoms with van der Waals surface area (Å²) < 4.78 is 5.80. The Morgan fingerprint density at radius 2 is 2.33 bits per heavy atom. The highest BCUT2D eigenvalue weighted by Crippen LogP contribution is 2.13. The normalized spacial score (nSPS) is 20.0. The van der Waals surface area contributed by atoms with E-state index in [1.54, 1.807) is 0 Å². The fourth-order valence-corrected chi connectivity index (χ4v) is 2.80. The second kappa shape index (κ2) is 6.98. The summed E-state index contributed by atoms with van der Waals surface area (Å²) in [6, 6.07) is 10.5. The van der Waals surface area contributed by atoms with Crippen molar-refractivity contribution in [2.75, 3.05) is 32.8 Å². The summed E-state index contributed by atoms with van der Waals surface area (Å²) in [4.78, 5) is 6.79. The van der Waals surface area contributed by atoms with Gasteiger partial charge in [-0.1, -0.05) is 19.1 Å². The molecule has 1 atom stereocenters. The number of hydrogen-bond donors (Lipinski definition) is 1. The van der Waals surface area contributed by atoms with Gasteiger partial charge in [-0.25, -0.2) is 0 Å². The van der Waals surface area contributed by atoms with Crippen molar-refractivity contribution in [2.45, 2.75) is 19.6 Å². The van der Waals surface area contributed by atoms with Gasteiger partial charge in [0.2, 0.25) is 0 Å². The van der Waals surface area contributed by atoms with E-state index in [0.717, 1.165) is 44.8 Å². The molecule has 0 radical (unpaired) electrons. The van der Waals surface area contributed by atoms with Crippen LogP contribution in [0.2, 0.25) is 0 Å². The van der Waals surface area contributed by atoms with Crippen molar-refractivity contribution in [3.8, 4) is 0 Å². The second-order valence-electron chi connectivity index (χ2n) is 5.55. The summed E-state index contributed by atoms with van der Waals surface area (Å²) in [7, 11) is 0. The Labute approximate surface area is 126 Å². The highest BCUT2D eigenvalue weighted by Gasteiger charge is 2.18. The zero-order chi connectivity index (χ0) is 14.5. The molecule has 4 heteroatoms. The van der Waals surface area contributed by atoms with E-state index in [9.17, 15) is 0 Å². The van der Waals surface area contributed by atoms with E-state index in [0.29, 0.717) is 6.10 Å². The van der Waals surface area contributed by atoms with Crippen LogP contribution in [-0.2, 0) is 11.3 Å². The van der Waals surface area contributed by atoms with Gasteiger partial charge >= 0.3 is 0 Å². The van der Waals surface area contributed by atoms with Crippen LogP contribution in [0.5, 0.6) is 0 Å². The molecule has 0 spiro atoms. The first-order valence-electron chi connectivity index (χ1n) is 7.73. The number of hydrogen-bond acceptors (Lipinski definition) is 4. The van der Waals surface area contributed by atoms with Gasteiger partial charge in [-0.3, -0.25) is 9.88 Å². The van der Waals surface area contributed by atoms with Gasteiger partial charge in [-0.15, -0.1) is 0 Å². The first-order valence-corrected chi connectivity index (χ1v) is 7.73. The third kappa shape index (κ3) is 3.79. The lowest BCUT2D eigenvalue weighted by Crippen LogP contribution is -2.46. The molecule has 4 nitrogen and oxygen atoms in total. The number of morpholine rings is 1. The molecule has 2 heterocycles. The number of fused-ring (bicyclic) bond motifs is 1. The molecule has 0 aliphatic carbocycles. The third-order valence-corrected chi connectivity index (χ3v) is 4.04. The topological polar surface area (TPSA) is 37.4 Å². The van der Waals surface area contributed by atoms with Gasteiger partial charge in [-0.05, 0) is 30.3 Å². The molecule has 1 N–H and O–H groups in total. The molecule has 112 valence electrons. The molecule has 1 aliphatic heterocycles. The fraction of sp³-hybridized carbons (Fsp3) is 0.471. The molecule has 1 unspecified atom stereocenters. The number of nitrogens with one attached hydrogen (secondary N) is 1. The van der Waals surface area contributed by atoms with Crippen LogP contribution in [-0.4, -0.2) is 48.8 Å². The zero-order valence-corrected chi connectivity index (χ0v) is 12.6. The molecule has 1 saturated heterocycles. The van der Waals surface area contributed by atoms with E-state index in [1.165, 1.54) is 10.9 Å². The van der Waals surface area contributed by atoms with Crippen LogP contribution in [0.3, 0.4) is 0 Å². The van der Waals surface area contributed by atoms with Gasteiger partial charge in [0.15, 0.2) is 0 Å². The highest BCUT2D eigenvalue weighted by atomic mass is 16.5. The van der Waals surface area contributed by atoms with E-state index in [1.807, 2.05) is 12.3 Å². The predicted octanol–water partition coefficient (Wildman–Crippen LogP) is 2.05. The Bertz CT molecular complexity index is 587. The number of nitrogens with zero attached hydrogens (tertiary/aromatic N) is 2. The summed E-state index contributed by atoms with van der Waals surface area (Å²) in [6.07, 6.45) is 2.14. The molecule has 1 aromatic carbocycles. The monoisotopic (exact) mass is 285 g/mol. The molecule has 1 aromatic heterocycles. The minimum Gasteiger partial charge on any atom is -0.374 e. The quantitative estimate of drug-likeness (QED) is 0.912. The molecule has 0 saturated carbocycles. The van der Waals surface area contributed by atoms with Crippen LogP contribution in [0.1, 0.15) is 12.5 Å². The molecule has 1 aliphatic rings.